The number of aliphatic hydroxyl groups excluding tert-OH is 1. The molecule has 0 bridgehead atoms. The fraction of sp³-hybridized carbons (Fsp3) is 0.667. The highest BCUT2D eigenvalue weighted by Crippen LogP contribution is 1.96. The largest absolute Gasteiger partial charge is 0.395 e. The molecule has 1 atom stereocenters. The van der Waals surface area contributed by atoms with Crippen molar-refractivity contribution in [2.75, 3.05) is 20.3 Å². The predicted molar refractivity (Wildman–Crippen MR) is 52.8 cm³/mol. The van der Waals surface area contributed by atoms with Gasteiger partial charge in [-0.1, -0.05) is 0 Å². The van der Waals surface area contributed by atoms with Gasteiger partial charge >= 0.3 is 0 Å². The highest BCUT2D eigenvalue weighted by Gasteiger charge is 2.06. The standard InChI is InChI=1S/C9H17N3O2/c1-12-7-10-3-9(12)4-11-8(5-13)6-14-2/h3,7-8,11,13H,4-6H2,1-2H3. The normalized spacial score (nSPS) is 13.1. The molecule has 1 aromatic heterocycles. The maximum Gasteiger partial charge on any atom is 0.0945 e. The average molecular weight is 199 g/mol. The number of nitrogens with one attached hydrogen (secondary N) is 1. The Balaban J connectivity index is 2.35. The van der Waals surface area contributed by atoms with Crippen LogP contribution in [0.25, 0.3) is 0 Å². The molecule has 0 aromatic carbocycles. The third kappa shape index (κ3) is 3.10. The number of aliphatic hydroxyl groups is 1. The van der Waals surface area contributed by atoms with Crippen molar-refractivity contribution in [3.8, 4) is 0 Å². The lowest BCUT2D eigenvalue weighted by Crippen LogP contribution is -2.36. The second kappa shape index (κ2) is 5.74. The molecule has 14 heavy (non-hydrogen) atoms. The van der Waals surface area contributed by atoms with Gasteiger partial charge in [0.15, 0.2) is 0 Å². The number of methoxy groups -OCH3 is 1. The van der Waals surface area contributed by atoms with Crippen LogP contribution >= 0.6 is 0 Å². The van der Waals surface area contributed by atoms with E-state index in [-0.39, 0.29) is 12.6 Å². The van der Waals surface area contributed by atoms with E-state index in [2.05, 4.69) is 10.3 Å². The second-order valence-corrected chi connectivity index (χ2v) is 3.21. The third-order valence-corrected chi connectivity index (χ3v) is 2.08. The molecule has 0 saturated heterocycles. The summed E-state index contributed by atoms with van der Waals surface area (Å²) in [6.45, 7) is 1.27. The Kier molecular flexibility index (Phi) is 4.58. The van der Waals surface area contributed by atoms with E-state index in [0.717, 1.165) is 5.69 Å². The predicted octanol–water partition coefficient (Wildman–Crippen LogP) is -0.483. The molecule has 1 aromatic rings. The zero-order chi connectivity index (χ0) is 10.4. The van der Waals surface area contributed by atoms with E-state index in [4.69, 9.17) is 9.84 Å². The molecule has 0 radical (unpaired) electrons. The van der Waals surface area contributed by atoms with Gasteiger partial charge in [0, 0.05) is 26.9 Å². The number of rotatable bonds is 6. The highest BCUT2D eigenvalue weighted by molar-refractivity contribution is 4.97. The van der Waals surface area contributed by atoms with Crippen molar-refractivity contribution in [1.29, 1.82) is 0 Å². The van der Waals surface area contributed by atoms with Crippen molar-refractivity contribution in [1.82, 2.24) is 14.9 Å². The van der Waals surface area contributed by atoms with Crippen LogP contribution in [0.15, 0.2) is 12.5 Å². The van der Waals surface area contributed by atoms with Crippen LogP contribution in [0.3, 0.4) is 0 Å². The Hall–Kier alpha value is -0.910. The van der Waals surface area contributed by atoms with Crippen molar-refractivity contribution in [2.45, 2.75) is 12.6 Å². The van der Waals surface area contributed by atoms with Gasteiger partial charge in [-0.3, -0.25) is 0 Å². The first-order chi connectivity index (χ1) is 6.77. The monoisotopic (exact) mass is 199 g/mol. The second-order valence-electron chi connectivity index (χ2n) is 3.21. The summed E-state index contributed by atoms with van der Waals surface area (Å²) >= 11 is 0. The summed E-state index contributed by atoms with van der Waals surface area (Å²) in [6.07, 6.45) is 3.55. The minimum atomic E-state index is -0.0186. The fourth-order valence-electron chi connectivity index (χ4n) is 1.18. The van der Waals surface area contributed by atoms with E-state index in [0.29, 0.717) is 13.2 Å². The van der Waals surface area contributed by atoms with Gasteiger partial charge < -0.3 is 19.7 Å². The SMILES string of the molecule is COCC(CO)NCc1cncn1C. The summed E-state index contributed by atoms with van der Waals surface area (Å²) in [7, 11) is 3.56. The Morgan fingerprint density at radius 3 is 3.00 bits per heavy atom. The molecule has 0 spiro atoms. The maximum atomic E-state index is 8.99. The van der Waals surface area contributed by atoms with Crippen LogP contribution in [0.2, 0.25) is 0 Å². The molecule has 0 aliphatic rings. The lowest BCUT2D eigenvalue weighted by Gasteiger charge is -2.14. The van der Waals surface area contributed by atoms with E-state index < -0.39 is 0 Å². The first-order valence-corrected chi connectivity index (χ1v) is 4.56. The highest BCUT2D eigenvalue weighted by atomic mass is 16.5. The number of imidazole rings is 1. The average Bonchev–Trinajstić information content (AvgIpc) is 2.59. The van der Waals surface area contributed by atoms with Gasteiger partial charge in [0.05, 0.1) is 31.3 Å². The summed E-state index contributed by atoms with van der Waals surface area (Å²) in [6, 6.07) is -0.0186. The van der Waals surface area contributed by atoms with Crippen LogP contribution in [-0.2, 0) is 18.3 Å². The molecule has 80 valence electrons. The van der Waals surface area contributed by atoms with Crippen LogP contribution in [0.1, 0.15) is 5.69 Å². The van der Waals surface area contributed by atoms with Gasteiger partial charge in [-0.15, -0.1) is 0 Å². The molecular formula is C9H17N3O2. The number of aryl methyl sites for hydroxylation is 1. The van der Waals surface area contributed by atoms with Gasteiger partial charge in [-0.25, -0.2) is 4.98 Å². The van der Waals surface area contributed by atoms with Crippen molar-refractivity contribution in [3.63, 3.8) is 0 Å². The quantitative estimate of drug-likeness (QED) is 0.649. The lowest BCUT2D eigenvalue weighted by atomic mass is 10.3. The van der Waals surface area contributed by atoms with Crippen molar-refractivity contribution >= 4 is 0 Å². The molecule has 1 unspecified atom stereocenters. The van der Waals surface area contributed by atoms with Crippen molar-refractivity contribution in [2.24, 2.45) is 7.05 Å². The first-order valence-electron chi connectivity index (χ1n) is 4.56. The summed E-state index contributed by atoms with van der Waals surface area (Å²) in [5.74, 6) is 0. The molecule has 1 heterocycles. The van der Waals surface area contributed by atoms with Crippen molar-refractivity contribution in [3.05, 3.63) is 18.2 Å². The van der Waals surface area contributed by atoms with Gasteiger partial charge in [0.25, 0.3) is 0 Å². The van der Waals surface area contributed by atoms with E-state index in [1.807, 2.05) is 11.6 Å². The molecule has 1 rings (SSSR count). The number of hydrogen-bond acceptors (Lipinski definition) is 4. The topological polar surface area (TPSA) is 59.3 Å². The molecule has 0 fully saturated rings. The van der Waals surface area contributed by atoms with E-state index in [1.165, 1.54) is 0 Å². The number of aromatic nitrogens is 2. The smallest absolute Gasteiger partial charge is 0.0945 e. The maximum absolute atomic E-state index is 8.99. The number of ether oxygens (including phenoxy) is 1. The minimum Gasteiger partial charge on any atom is -0.395 e. The van der Waals surface area contributed by atoms with Crippen LogP contribution < -0.4 is 5.32 Å². The molecule has 0 aliphatic heterocycles. The molecule has 0 amide bonds. The Morgan fingerprint density at radius 2 is 2.50 bits per heavy atom. The van der Waals surface area contributed by atoms with Gasteiger partial charge in [-0.05, 0) is 0 Å². The van der Waals surface area contributed by atoms with E-state index in [9.17, 15) is 0 Å². The summed E-state index contributed by atoms with van der Waals surface area (Å²) in [5.41, 5.74) is 1.08. The van der Waals surface area contributed by atoms with Gasteiger partial charge in [-0.2, -0.15) is 0 Å². The van der Waals surface area contributed by atoms with Crippen LogP contribution in [0, 0.1) is 0 Å². The lowest BCUT2D eigenvalue weighted by molar-refractivity contribution is 0.127. The Bertz CT molecular complexity index is 262. The molecule has 2 N–H and O–H groups in total. The van der Waals surface area contributed by atoms with Gasteiger partial charge in [0.1, 0.15) is 0 Å². The minimum absolute atomic E-state index is 0.0186. The van der Waals surface area contributed by atoms with Crippen molar-refractivity contribution < 1.29 is 9.84 Å². The fourth-order valence-corrected chi connectivity index (χ4v) is 1.18. The van der Waals surface area contributed by atoms with E-state index in [1.54, 1.807) is 19.6 Å². The van der Waals surface area contributed by atoms with Crippen LogP contribution in [0.5, 0.6) is 0 Å². The Morgan fingerprint density at radius 1 is 1.71 bits per heavy atom. The summed E-state index contributed by atoms with van der Waals surface area (Å²) < 4.78 is 6.89. The van der Waals surface area contributed by atoms with Crippen LogP contribution in [-0.4, -0.2) is 41.0 Å². The number of nitrogens with zero attached hydrogens (tertiary/aromatic N) is 2. The third-order valence-electron chi connectivity index (χ3n) is 2.08. The molecule has 5 heteroatoms. The van der Waals surface area contributed by atoms with Gasteiger partial charge in [0.2, 0.25) is 0 Å². The molecule has 0 saturated carbocycles. The molecular weight excluding hydrogens is 182 g/mol. The zero-order valence-electron chi connectivity index (χ0n) is 8.60. The Labute approximate surface area is 83.7 Å². The van der Waals surface area contributed by atoms with Crippen LogP contribution in [0.4, 0.5) is 0 Å². The van der Waals surface area contributed by atoms with E-state index >= 15 is 0 Å². The number of hydrogen-bond donors (Lipinski definition) is 2. The summed E-state index contributed by atoms with van der Waals surface area (Å²) in [5, 5.41) is 12.2. The molecule has 0 aliphatic carbocycles. The summed E-state index contributed by atoms with van der Waals surface area (Å²) in [4.78, 5) is 4.00. The zero-order valence-corrected chi connectivity index (χ0v) is 8.60. The first kappa shape index (κ1) is 11.2. The molecule has 5 nitrogen and oxygen atoms in total.